The first-order valence-corrected chi connectivity index (χ1v) is 11.3. The summed E-state index contributed by atoms with van der Waals surface area (Å²) in [5, 5.41) is 20.9. The van der Waals surface area contributed by atoms with Crippen LogP contribution < -0.4 is 16.0 Å². The first-order valence-electron chi connectivity index (χ1n) is 10.1. The first kappa shape index (κ1) is 24.6. The second-order valence-corrected chi connectivity index (χ2v) is 8.12. The van der Waals surface area contributed by atoms with Crippen LogP contribution in [0, 0.1) is 0 Å². The summed E-state index contributed by atoms with van der Waals surface area (Å²) in [5.41, 5.74) is 8.41. The lowest BCUT2D eigenvalue weighted by Gasteiger charge is -2.19. The van der Waals surface area contributed by atoms with E-state index >= 15 is 0 Å². The molecular formula is C21H23N7O5S. The number of amides is 1. The van der Waals surface area contributed by atoms with Gasteiger partial charge in [-0.3, -0.25) is 9.59 Å². The molecule has 0 fully saturated rings. The summed E-state index contributed by atoms with van der Waals surface area (Å²) in [6.45, 7) is 0.420. The van der Waals surface area contributed by atoms with Crippen molar-refractivity contribution in [3.8, 4) is 0 Å². The van der Waals surface area contributed by atoms with Crippen molar-refractivity contribution in [3.05, 3.63) is 41.7 Å². The minimum absolute atomic E-state index is 0.136. The molecular weight excluding hydrogens is 462 g/mol. The quantitative estimate of drug-likeness (QED) is 0.239. The highest BCUT2D eigenvalue weighted by Crippen LogP contribution is 2.22. The van der Waals surface area contributed by atoms with Gasteiger partial charge in [0.25, 0.3) is 5.91 Å². The standard InChI is InChI=1S/C21H23N7O5S/c1-28(10-12-9-23-17-16(24-12)19(34-2)27-21(22)26-17)13-5-3-11(4-6-13)18(31)25-14(20(32)33)7-8-15(29)30/h3-6,9,14H,7-8,10H2,1-2H3,(H,25,31)(H,29,30)(H,32,33)(H2,22,23,26,27). The van der Waals surface area contributed by atoms with Crippen LogP contribution in [0.2, 0.25) is 0 Å². The molecule has 1 unspecified atom stereocenters. The topological polar surface area (TPSA) is 185 Å². The largest absolute Gasteiger partial charge is 0.481 e. The number of carbonyl (C=O) groups is 3. The van der Waals surface area contributed by atoms with Gasteiger partial charge in [0.1, 0.15) is 16.6 Å². The maximum absolute atomic E-state index is 12.4. The van der Waals surface area contributed by atoms with Gasteiger partial charge in [0.2, 0.25) is 5.95 Å². The number of hydrogen-bond acceptors (Lipinski definition) is 10. The Hall–Kier alpha value is -4.00. The summed E-state index contributed by atoms with van der Waals surface area (Å²) >= 11 is 1.40. The van der Waals surface area contributed by atoms with E-state index in [1.165, 1.54) is 11.8 Å². The maximum Gasteiger partial charge on any atom is 0.326 e. The normalized spacial score (nSPS) is 11.7. The summed E-state index contributed by atoms with van der Waals surface area (Å²) in [6.07, 6.45) is 2.90. The number of carboxylic acid groups (broad SMARTS) is 2. The van der Waals surface area contributed by atoms with Crippen LogP contribution in [0.25, 0.3) is 11.2 Å². The van der Waals surface area contributed by atoms with Crippen LogP contribution in [0.5, 0.6) is 0 Å². The van der Waals surface area contributed by atoms with Gasteiger partial charge in [0, 0.05) is 24.7 Å². The molecule has 0 bridgehead atoms. The molecule has 2 heterocycles. The molecule has 3 rings (SSSR count). The van der Waals surface area contributed by atoms with Gasteiger partial charge in [-0.2, -0.15) is 4.98 Å². The third-order valence-electron chi connectivity index (χ3n) is 4.86. The number of nitrogen functional groups attached to an aromatic ring is 1. The number of aromatic nitrogens is 4. The number of nitrogens with two attached hydrogens (primary N) is 1. The van der Waals surface area contributed by atoms with E-state index in [2.05, 4.69) is 25.3 Å². The van der Waals surface area contributed by atoms with Crippen molar-refractivity contribution in [1.82, 2.24) is 25.3 Å². The SMILES string of the molecule is CSc1nc(N)nc2ncc(CN(C)c3ccc(C(=O)NC(CCC(=O)O)C(=O)O)cc3)nc12. The molecule has 0 aliphatic carbocycles. The Morgan fingerprint density at radius 2 is 1.85 bits per heavy atom. The molecule has 178 valence electrons. The number of nitrogens with one attached hydrogen (secondary N) is 1. The Morgan fingerprint density at radius 1 is 1.15 bits per heavy atom. The van der Waals surface area contributed by atoms with Crippen LogP contribution >= 0.6 is 11.8 Å². The average molecular weight is 486 g/mol. The van der Waals surface area contributed by atoms with Crippen LogP contribution in [0.1, 0.15) is 28.9 Å². The summed E-state index contributed by atoms with van der Waals surface area (Å²) in [5.74, 6) is -2.89. The molecule has 13 heteroatoms. The number of anilines is 2. The van der Waals surface area contributed by atoms with Crippen LogP contribution in [0.3, 0.4) is 0 Å². The van der Waals surface area contributed by atoms with E-state index in [1.807, 2.05) is 18.2 Å². The van der Waals surface area contributed by atoms with Gasteiger partial charge in [-0.1, -0.05) is 0 Å². The van der Waals surface area contributed by atoms with Gasteiger partial charge in [-0.15, -0.1) is 11.8 Å². The smallest absolute Gasteiger partial charge is 0.326 e. The number of carbonyl (C=O) groups excluding carboxylic acids is 1. The van der Waals surface area contributed by atoms with E-state index in [9.17, 15) is 19.5 Å². The van der Waals surface area contributed by atoms with E-state index in [4.69, 9.17) is 10.8 Å². The minimum Gasteiger partial charge on any atom is -0.481 e. The minimum atomic E-state index is -1.29. The Morgan fingerprint density at radius 3 is 2.47 bits per heavy atom. The van der Waals surface area contributed by atoms with Crippen molar-refractivity contribution < 1.29 is 24.6 Å². The van der Waals surface area contributed by atoms with E-state index in [0.717, 1.165) is 5.69 Å². The third-order valence-corrected chi connectivity index (χ3v) is 5.53. The lowest BCUT2D eigenvalue weighted by Crippen LogP contribution is -2.41. The van der Waals surface area contributed by atoms with Crippen molar-refractivity contribution in [2.24, 2.45) is 0 Å². The van der Waals surface area contributed by atoms with E-state index in [-0.39, 0.29) is 24.4 Å². The molecule has 1 atom stereocenters. The van der Waals surface area contributed by atoms with Gasteiger partial charge in [-0.25, -0.2) is 19.7 Å². The highest BCUT2D eigenvalue weighted by molar-refractivity contribution is 7.98. The molecule has 0 aliphatic rings. The van der Waals surface area contributed by atoms with Crippen molar-refractivity contribution in [3.63, 3.8) is 0 Å². The van der Waals surface area contributed by atoms with Gasteiger partial charge >= 0.3 is 11.9 Å². The number of rotatable bonds is 10. The zero-order chi connectivity index (χ0) is 24.8. The number of benzene rings is 1. The molecule has 1 amide bonds. The van der Waals surface area contributed by atoms with E-state index in [0.29, 0.717) is 28.4 Å². The molecule has 0 radical (unpaired) electrons. The molecule has 3 aromatic rings. The van der Waals surface area contributed by atoms with Crippen molar-refractivity contribution >= 4 is 52.4 Å². The molecule has 12 nitrogen and oxygen atoms in total. The van der Waals surface area contributed by atoms with Crippen LogP contribution in [0.4, 0.5) is 11.6 Å². The molecule has 1 aromatic carbocycles. The maximum atomic E-state index is 12.4. The van der Waals surface area contributed by atoms with E-state index in [1.54, 1.807) is 30.5 Å². The van der Waals surface area contributed by atoms with Gasteiger partial charge in [0.15, 0.2) is 5.65 Å². The number of hydrogen-bond donors (Lipinski definition) is 4. The lowest BCUT2D eigenvalue weighted by atomic mass is 10.1. The molecule has 0 spiro atoms. The van der Waals surface area contributed by atoms with Gasteiger partial charge in [0.05, 0.1) is 18.4 Å². The highest BCUT2D eigenvalue weighted by atomic mass is 32.2. The summed E-state index contributed by atoms with van der Waals surface area (Å²) in [7, 11) is 1.85. The monoisotopic (exact) mass is 485 g/mol. The second kappa shape index (κ2) is 10.7. The number of aliphatic carboxylic acids is 2. The number of nitrogens with zero attached hydrogens (tertiary/aromatic N) is 5. The molecule has 5 N–H and O–H groups in total. The first-order chi connectivity index (χ1) is 16.2. The molecule has 0 aliphatic heterocycles. The fourth-order valence-electron chi connectivity index (χ4n) is 3.12. The van der Waals surface area contributed by atoms with Crippen LogP contribution in [-0.4, -0.2) is 67.3 Å². The Balaban J connectivity index is 1.69. The zero-order valence-electron chi connectivity index (χ0n) is 18.4. The fourth-order valence-corrected chi connectivity index (χ4v) is 3.64. The van der Waals surface area contributed by atoms with Crippen molar-refractivity contribution in [2.45, 2.75) is 30.5 Å². The molecule has 2 aromatic heterocycles. The predicted octanol–water partition coefficient (Wildman–Crippen LogP) is 1.41. The van der Waals surface area contributed by atoms with E-state index < -0.39 is 23.9 Å². The summed E-state index contributed by atoms with van der Waals surface area (Å²) in [6, 6.07) is 5.27. The lowest BCUT2D eigenvalue weighted by molar-refractivity contribution is -0.140. The van der Waals surface area contributed by atoms with Crippen LogP contribution in [0.15, 0.2) is 35.5 Å². The van der Waals surface area contributed by atoms with Crippen molar-refractivity contribution in [2.75, 3.05) is 23.9 Å². The van der Waals surface area contributed by atoms with Gasteiger partial charge in [-0.05, 0) is 36.9 Å². The average Bonchev–Trinajstić information content (AvgIpc) is 2.80. The third kappa shape index (κ3) is 6.07. The van der Waals surface area contributed by atoms with Crippen molar-refractivity contribution in [1.29, 1.82) is 0 Å². The summed E-state index contributed by atoms with van der Waals surface area (Å²) in [4.78, 5) is 53.5. The molecule has 34 heavy (non-hydrogen) atoms. The Bertz CT molecular complexity index is 1220. The molecule has 0 saturated heterocycles. The molecule has 0 saturated carbocycles. The second-order valence-electron chi connectivity index (χ2n) is 7.32. The number of fused-ring (bicyclic) bond motifs is 1. The number of carboxylic acids is 2. The predicted molar refractivity (Wildman–Crippen MR) is 126 cm³/mol. The fraction of sp³-hybridized carbons (Fsp3) is 0.286. The highest BCUT2D eigenvalue weighted by Gasteiger charge is 2.21. The Labute approximate surface area is 198 Å². The summed E-state index contributed by atoms with van der Waals surface area (Å²) < 4.78 is 0. The van der Waals surface area contributed by atoms with Crippen LogP contribution in [-0.2, 0) is 16.1 Å². The Kier molecular flexibility index (Phi) is 7.79. The zero-order valence-corrected chi connectivity index (χ0v) is 19.2. The van der Waals surface area contributed by atoms with Gasteiger partial charge < -0.3 is 26.2 Å². The number of thioether (sulfide) groups is 1.